The van der Waals surface area contributed by atoms with Crippen LogP contribution in [-0.4, -0.2) is 55.2 Å². The van der Waals surface area contributed by atoms with Gasteiger partial charge in [0.1, 0.15) is 18.2 Å². The number of anilines is 1. The molecule has 0 aliphatic carbocycles. The van der Waals surface area contributed by atoms with Crippen molar-refractivity contribution in [2.24, 2.45) is 10.9 Å². The predicted octanol–water partition coefficient (Wildman–Crippen LogP) is 5.73. The number of rotatable bonds is 5. The molecule has 5 rings (SSSR count). The van der Waals surface area contributed by atoms with Gasteiger partial charge in [0.2, 0.25) is 0 Å². The molecule has 0 amide bonds. The van der Waals surface area contributed by atoms with Gasteiger partial charge >= 0.3 is 0 Å². The molecule has 3 aliphatic rings. The van der Waals surface area contributed by atoms with E-state index in [9.17, 15) is 9.50 Å². The van der Waals surface area contributed by atoms with E-state index in [1.54, 1.807) is 19.2 Å². The maximum absolute atomic E-state index is 13.5. The van der Waals surface area contributed by atoms with Crippen LogP contribution in [0.4, 0.5) is 10.1 Å². The molecule has 0 saturated carbocycles. The number of amidine groups is 1. The molecule has 2 saturated heterocycles. The summed E-state index contributed by atoms with van der Waals surface area (Å²) in [6, 6.07) is 12.3. The minimum absolute atomic E-state index is 0.211. The molecule has 3 N–H and O–H groups in total. The zero-order valence-electron chi connectivity index (χ0n) is 24.0. The summed E-state index contributed by atoms with van der Waals surface area (Å²) in [5.74, 6) is 1.17. The highest BCUT2D eigenvalue weighted by Crippen LogP contribution is 2.40. The fourth-order valence-electron chi connectivity index (χ4n) is 4.66. The highest BCUT2D eigenvalue weighted by atomic mass is 19.1. The number of piperidine rings is 1. The number of nitrogens with zero attached hydrogens (tertiary/aromatic N) is 3. The van der Waals surface area contributed by atoms with Crippen LogP contribution in [0.3, 0.4) is 0 Å². The molecule has 1 atom stereocenters. The van der Waals surface area contributed by atoms with Crippen LogP contribution in [0.5, 0.6) is 5.75 Å². The number of oxime groups is 1. The van der Waals surface area contributed by atoms with Gasteiger partial charge in [-0.05, 0) is 66.5 Å². The van der Waals surface area contributed by atoms with Gasteiger partial charge in [0.15, 0.2) is 5.84 Å². The Morgan fingerprint density at radius 1 is 1.11 bits per heavy atom. The topological polar surface area (TPSA) is 83.6 Å². The number of nitrogens with two attached hydrogens (primary N) is 1. The van der Waals surface area contributed by atoms with Crippen LogP contribution in [0.15, 0.2) is 53.2 Å². The van der Waals surface area contributed by atoms with Crippen molar-refractivity contribution in [2.45, 2.75) is 66.2 Å². The SMILES string of the molecule is CC.CC.CC.COc1cc(/C=C2\CCCN3C2=NOC3(CO)c2ccc(F)cc2)ccc1N1CC(N)C1. The lowest BCUT2D eigenvalue weighted by Gasteiger charge is -2.39. The number of aliphatic hydroxyl groups is 1. The van der Waals surface area contributed by atoms with E-state index in [1.807, 2.05) is 52.5 Å². The summed E-state index contributed by atoms with van der Waals surface area (Å²) in [5, 5.41) is 14.6. The summed E-state index contributed by atoms with van der Waals surface area (Å²) in [5.41, 5.74) is 8.52. The first-order valence-corrected chi connectivity index (χ1v) is 13.8. The third kappa shape index (κ3) is 6.30. The maximum atomic E-state index is 13.5. The Kier molecular flexibility index (Phi) is 12.1. The average Bonchev–Trinajstić information content (AvgIpc) is 3.36. The van der Waals surface area contributed by atoms with E-state index in [0.717, 1.165) is 48.5 Å². The number of aliphatic hydroxyl groups excluding tert-OH is 1. The number of benzene rings is 2. The largest absolute Gasteiger partial charge is 0.495 e. The predicted molar refractivity (Wildman–Crippen MR) is 155 cm³/mol. The van der Waals surface area contributed by atoms with Gasteiger partial charge in [0.05, 0.1) is 12.8 Å². The lowest BCUT2D eigenvalue weighted by molar-refractivity contribution is -0.137. The molecular weight excluding hydrogens is 483 g/mol. The molecule has 1 unspecified atom stereocenters. The molecule has 0 radical (unpaired) electrons. The van der Waals surface area contributed by atoms with Crippen LogP contribution in [0.2, 0.25) is 0 Å². The van der Waals surface area contributed by atoms with Crippen LogP contribution >= 0.6 is 0 Å². The standard InChI is InChI=1S/C24H27FN4O3.3C2H6/c1-31-22-12-16(4-9-21(22)28-13-20(26)14-28)11-17-3-2-10-29-23(17)27-32-24(29,15-30)18-5-7-19(25)8-6-18;3*1-2/h4-9,11-12,20,30H,2-3,10,13-15,26H2,1H3;3*1-2H3/b17-11+;;;. The van der Waals surface area contributed by atoms with Gasteiger partial charge in [0.25, 0.3) is 5.72 Å². The number of halogens is 1. The monoisotopic (exact) mass is 528 g/mol. The van der Waals surface area contributed by atoms with Crippen molar-refractivity contribution in [1.82, 2.24) is 4.90 Å². The first-order valence-electron chi connectivity index (χ1n) is 13.8. The van der Waals surface area contributed by atoms with Gasteiger partial charge in [-0.3, -0.25) is 0 Å². The van der Waals surface area contributed by atoms with Crippen molar-refractivity contribution < 1.29 is 19.1 Å². The summed E-state index contributed by atoms with van der Waals surface area (Å²) in [6.45, 7) is 14.0. The second-order valence-corrected chi connectivity index (χ2v) is 8.48. The van der Waals surface area contributed by atoms with Crippen LogP contribution < -0.4 is 15.4 Å². The Balaban J connectivity index is 0.000000791. The van der Waals surface area contributed by atoms with Gasteiger partial charge in [-0.2, -0.15) is 0 Å². The molecule has 8 heteroatoms. The lowest BCUT2D eigenvalue weighted by Crippen LogP contribution is -2.55. The number of fused-ring (bicyclic) bond motifs is 1. The van der Waals surface area contributed by atoms with Crippen LogP contribution in [-0.2, 0) is 10.6 Å². The summed E-state index contributed by atoms with van der Waals surface area (Å²) in [7, 11) is 1.67. The molecule has 7 nitrogen and oxygen atoms in total. The number of hydrogen-bond donors (Lipinski definition) is 2. The van der Waals surface area contributed by atoms with E-state index in [2.05, 4.69) is 28.3 Å². The van der Waals surface area contributed by atoms with E-state index in [1.165, 1.54) is 12.1 Å². The van der Waals surface area contributed by atoms with Crippen molar-refractivity contribution in [2.75, 3.05) is 38.3 Å². The zero-order chi connectivity index (χ0) is 28.3. The van der Waals surface area contributed by atoms with Crippen molar-refractivity contribution in [1.29, 1.82) is 0 Å². The molecule has 3 heterocycles. The van der Waals surface area contributed by atoms with Crippen molar-refractivity contribution in [3.63, 3.8) is 0 Å². The van der Waals surface area contributed by atoms with Gasteiger partial charge in [-0.15, -0.1) is 0 Å². The summed E-state index contributed by atoms with van der Waals surface area (Å²) < 4.78 is 19.1. The fraction of sp³-hybridized carbons (Fsp3) is 0.500. The molecule has 2 aromatic rings. The van der Waals surface area contributed by atoms with Crippen molar-refractivity contribution in [3.05, 3.63) is 65.0 Å². The molecule has 2 aromatic carbocycles. The van der Waals surface area contributed by atoms with Crippen LogP contribution in [0.25, 0.3) is 6.08 Å². The van der Waals surface area contributed by atoms with Crippen LogP contribution in [0, 0.1) is 5.82 Å². The van der Waals surface area contributed by atoms with E-state index in [4.69, 9.17) is 15.3 Å². The fourth-order valence-corrected chi connectivity index (χ4v) is 4.66. The van der Waals surface area contributed by atoms with Gasteiger partial charge in [-0.1, -0.05) is 52.8 Å². The summed E-state index contributed by atoms with van der Waals surface area (Å²) in [6.07, 6.45) is 3.81. The zero-order valence-corrected chi connectivity index (χ0v) is 24.0. The van der Waals surface area contributed by atoms with Crippen LogP contribution in [0.1, 0.15) is 65.5 Å². The lowest BCUT2D eigenvalue weighted by atomic mass is 9.94. The van der Waals surface area contributed by atoms with Crippen molar-refractivity contribution in [3.8, 4) is 5.75 Å². The van der Waals surface area contributed by atoms with Gasteiger partial charge in [0, 0.05) is 31.2 Å². The Labute approximate surface area is 227 Å². The highest BCUT2D eigenvalue weighted by molar-refractivity contribution is 6.03. The number of methoxy groups -OCH3 is 1. The van der Waals surface area contributed by atoms with E-state index >= 15 is 0 Å². The highest BCUT2D eigenvalue weighted by Gasteiger charge is 2.49. The van der Waals surface area contributed by atoms with E-state index in [0.29, 0.717) is 17.9 Å². The van der Waals surface area contributed by atoms with Gasteiger partial charge < -0.3 is 30.2 Å². The molecule has 0 bridgehead atoms. The Morgan fingerprint density at radius 2 is 1.76 bits per heavy atom. The molecule has 3 aliphatic heterocycles. The maximum Gasteiger partial charge on any atom is 0.260 e. The molecule has 0 spiro atoms. The Morgan fingerprint density at radius 3 is 2.34 bits per heavy atom. The minimum Gasteiger partial charge on any atom is -0.495 e. The molecule has 210 valence electrons. The Bertz CT molecular complexity index is 1070. The number of ether oxygens (including phenoxy) is 1. The summed E-state index contributed by atoms with van der Waals surface area (Å²) in [4.78, 5) is 9.99. The first-order chi connectivity index (χ1) is 18.5. The van der Waals surface area contributed by atoms with E-state index < -0.39 is 5.72 Å². The Hall–Kier alpha value is -3.10. The third-order valence-corrected chi connectivity index (χ3v) is 6.39. The summed E-state index contributed by atoms with van der Waals surface area (Å²) >= 11 is 0. The second-order valence-electron chi connectivity index (χ2n) is 8.48. The van der Waals surface area contributed by atoms with E-state index in [-0.39, 0.29) is 18.5 Å². The number of hydrogen-bond acceptors (Lipinski definition) is 7. The smallest absolute Gasteiger partial charge is 0.260 e. The first kappa shape index (κ1) is 31.1. The van der Waals surface area contributed by atoms with Gasteiger partial charge in [-0.25, -0.2) is 4.39 Å². The molecular formula is C30H45FN4O3. The molecule has 0 aromatic heterocycles. The normalized spacial score (nSPS) is 20.8. The quantitative estimate of drug-likeness (QED) is 0.516. The third-order valence-electron chi connectivity index (χ3n) is 6.39. The minimum atomic E-state index is -1.14. The molecule has 38 heavy (non-hydrogen) atoms. The average molecular weight is 529 g/mol. The molecule has 2 fully saturated rings. The second kappa shape index (κ2) is 14.7. The van der Waals surface area contributed by atoms with Crippen molar-refractivity contribution >= 4 is 17.6 Å².